The number of piperidine rings is 1. The highest BCUT2D eigenvalue weighted by molar-refractivity contribution is 6.30. The molecule has 0 N–H and O–H groups in total. The van der Waals surface area contributed by atoms with E-state index in [0.717, 1.165) is 49.8 Å². The minimum atomic E-state index is 0.393. The van der Waals surface area contributed by atoms with E-state index in [1.54, 1.807) is 6.20 Å². The summed E-state index contributed by atoms with van der Waals surface area (Å²) in [5, 5.41) is 0.670. The van der Waals surface area contributed by atoms with Crippen molar-refractivity contribution in [2.75, 3.05) is 18.0 Å². The van der Waals surface area contributed by atoms with Crippen LogP contribution in [0.5, 0.6) is 0 Å². The number of hydrogen-bond donors (Lipinski definition) is 0. The summed E-state index contributed by atoms with van der Waals surface area (Å²) in [6, 6.07) is 9.90. The van der Waals surface area contributed by atoms with E-state index in [1.807, 2.05) is 42.9 Å². The van der Waals surface area contributed by atoms with Crippen LogP contribution in [0.15, 0.2) is 55.1 Å². The zero-order valence-electron chi connectivity index (χ0n) is 13.9. The topological polar surface area (TPSA) is 46.8 Å². The minimum absolute atomic E-state index is 0.393. The van der Waals surface area contributed by atoms with E-state index in [0.29, 0.717) is 10.9 Å². The van der Waals surface area contributed by atoms with Crippen molar-refractivity contribution in [2.24, 2.45) is 0 Å². The van der Waals surface area contributed by atoms with Crippen molar-refractivity contribution in [1.82, 2.24) is 19.5 Å². The molecule has 0 radical (unpaired) electrons. The molecule has 6 heteroatoms. The molecule has 1 atom stereocenters. The van der Waals surface area contributed by atoms with Gasteiger partial charge in [0, 0.05) is 43.8 Å². The van der Waals surface area contributed by atoms with Crippen LogP contribution in [0.4, 0.5) is 5.82 Å². The van der Waals surface area contributed by atoms with Crippen LogP contribution in [0.25, 0.3) is 0 Å². The van der Waals surface area contributed by atoms with Crippen LogP contribution in [-0.4, -0.2) is 32.6 Å². The quantitative estimate of drug-likeness (QED) is 0.716. The standard InChI is InChI=1S/C19H20ClN5/c20-16-6-7-18(23-12-16)24-10-3-4-15(13-24)19-22-9-11-25(19)14-17-5-1-2-8-21-17/h1-2,5-9,11-12,15H,3-4,10,13-14H2. The maximum absolute atomic E-state index is 5.96. The molecule has 0 aromatic carbocycles. The fourth-order valence-electron chi connectivity index (χ4n) is 3.43. The molecule has 0 amide bonds. The van der Waals surface area contributed by atoms with Crippen LogP contribution in [0.2, 0.25) is 5.02 Å². The molecule has 25 heavy (non-hydrogen) atoms. The Morgan fingerprint density at radius 3 is 2.84 bits per heavy atom. The molecule has 128 valence electrons. The number of nitrogens with zero attached hydrogens (tertiary/aromatic N) is 5. The van der Waals surface area contributed by atoms with Gasteiger partial charge in [0.15, 0.2) is 0 Å². The number of anilines is 1. The molecule has 1 unspecified atom stereocenters. The Kier molecular flexibility index (Phi) is 4.65. The van der Waals surface area contributed by atoms with Crippen LogP contribution in [0, 0.1) is 0 Å². The molecular weight excluding hydrogens is 334 g/mol. The lowest BCUT2D eigenvalue weighted by Gasteiger charge is -2.33. The molecular formula is C19H20ClN5. The fourth-order valence-corrected chi connectivity index (χ4v) is 3.54. The Balaban J connectivity index is 1.52. The van der Waals surface area contributed by atoms with Crippen molar-refractivity contribution in [1.29, 1.82) is 0 Å². The number of halogens is 1. The Hall–Kier alpha value is -2.40. The van der Waals surface area contributed by atoms with Crippen molar-refractivity contribution in [2.45, 2.75) is 25.3 Å². The second-order valence-corrected chi connectivity index (χ2v) is 6.79. The third-order valence-electron chi connectivity index (χ3n) is 4.63. The molecule has 1 aliphatic heterocycles. The first-order valence-electron chi connectivity index (χ1n) is 8.57. The van der Waals surface area contributed by atoms with Crippen molar-refractivity contribution in [3.05, 3.63) is 71.7 Å². The second kappa shape index (κ2) is 7.23. The van der Waals surface area contributed by atoms with Crippen molar-refractivity contribution >= 4 is 17.4 Å². The minimum Gasteiger partial charge on any atom is -0.356 e. The molecule has 0 spiro atoms. The van der Waals surface area contributed by atoms with Gasteiger partial charge >= 0.3 is 0 Å². The first-order chi connectivity index (χ1) is 12.3. The Bertz CT molecular complexity index is 815. The molecule has 4 rings (SSSR count). The van der Waals surface area contributed by atoms with Gasteiger partial charge in [0.2, 0.25) is 0 Å². The highest BCUT2D eigenvalue weighted by Crippen LogP contribution is 2.29. The van der Waals surface area contributed by atoms with Crippen LogP contribution in [0.3, 0.4) is 0 Å². The average molecular weight is 354 g/mol. The number of pyridine rings is 2. The second-order valence-electron chi connectivity index (χ2n) is 6.35. The first-order valence-corrected chi connectivity index (χ1v) is 8.95. The summed E-state index contributed by atoms with van der Waals surface area (Å²) >= 11 is 5.96. The number of imidazole rings is 1. The molecule has 4 heterocycles. The van der Waals surface area contributed by atoms with Crippen LogP contribution in [-0.2, 0) is 6.54 Å². The maximum Gasteiger partial charge on any atom is 0.128 e. The SMILES string of the molecule is Clc1ccc(N2CCCC(c3nccn3Cc3ccccn3)C2)nc1. The summed E-state index contributed by atoms with van der Waals surface area (Å²) in [6.07, 6.45) is 9.75. The van der Waals surface area contributed by atoms with Gasteiger partial charge in [-0.05, 0) is 37.1 Å². The van der Waals surface area contributed by atoms with Crippen molar-refractivity contribution in [3.63, 3.8) is 0 Å². The summed E-state index contributed by atoms with van der Waals surface area (Å²) < 4.78 is 2.21. The van der Waals surface area contributed by atoms with Crippen LogP contribution in [0.1, 0.15) is 30.3 Å². The van der Waals surface area contributed by atoms with Gasteiger partial charge in [-0.1, -0.05) is 17.7 Å². The van der Waals surface area contributed by atoms with E-state index < -0.39 is 0 Å². The molecule has 5 nitrogen and oxygen atoms in total. The summed E-state index contributed by atoms with van der Waals surface area (Å²) in [7, 11) is 0. The van der Waals surface area contributed by atoms with Gasteiger partial charge < -0.3 is 9.47 Å². The highest BCUT2D eigenvalue weighted by Gasteiger charge is 2.25. The van der Waals surface area contributed by atoms with Crippen molar-refractivity contribution in [3.8, 4) is 0 Å². The van der Waals surface area contributed by atoms with Gasteiger partial charge in [-0.3, -0.25) is 4.98 Å². The zero-order chi connectivity index (χ0) is 17.1. The summed E-state index contributed by atoms with van der Waals surface area (Å²) in [5.41, 5.74) is 1.05. The largest absolute Gasteiger partial charge is 0.356 e. The van der Waals surface area contributed by atoms with Gasteiger partial charge in [0.25, 0.3) is 0 Å². The zero-order valence-corrected chi connectivity index (χ0v) is 14.7. The van der Waals surface area contributed by atoms with Gasteiger partial charge in [-0.15, -0.1) is 0 Å². The number of hydrogen-bond acceptors (Lipinski definition) is 4. The van der Waals surface area contributed by atoms with Gasteiger partial charge in [0.05, 0.1) is 17.3 Å². The van der Waals surface area contributed by atoms with E-state index in [-0.39, 0.29) is 0 Å². The molecule has 0 saturated carbocycles. The van der Waals surface area contributed by atoms with E-state index in [2.05, 4.69) is 30.5 Å². The third-order valence-corrected chi connectivity index (χ3v) is 4.85. The Morgan fingerprint density at radius 2 is 2.04 bits per heavy atom. The predicted octanol–water partition coefficient (Wildman–Crippen LogP) is 3.76. The van der Waals surface area contributed by atoms with Crippen LogP contribution < -0.4 is 4.90 Å². The molecule has 3 aromatic heterocycles. The van der Waals surface area contributed by atoms with Gasteiger partial charge in [0.1, 0.15) is 11.6 Å². The lowest BCUT2D eigenvalue weighted by molar-refractivity contribution is 0.473. The Labute approximate surface area is 152 Å². The number of aromatic nitrogens is 4. The smallest absolute Gasteiger partial charge is 0.128 e. The molecule has 1 fully saturated rings. The van der Waals surface area contributed by atoms with Crippen LogP contribution >= 0.6 is 11.6 Å². The average Bonchev–Trinajstić information content (AvgIpc) is 3.11. The normalized spacial score (nSPS) is 17.6. The summed E-state index contributed by atoms with van der Waals surface area (Å²) in [4.78, 5) is 15.9. The third kappa shape index (κ3) is 3.66. The fraction of sp³-hybridized carbons (Fsp3) is 0.316. The van der Waals surface area contributed by atoms with E-state index >= 15 is 0 Å². The predicted molar refractivity (Wildman–Crippen MR) is 99.0 cm³/mol. The lowest BCUT2D eigenvalue weighted by atomic mass is 9.97. The maximum atomic E-state index is 5.96. The monoisotopic (exact) mass is 353 g/mol. The van der Waals surface area contributed by atoms with E-state index in [4.69, 9.17) is 11.6 Å². The van der Waals surface area contributed by atoms with E-state index in [9.17, 15) is 0 Å². The number of rotatable bonds is 4. The Morgan fingerprint density at radius 1 is 1.08 bits per heavy atom. The lowest BCUT2D eigenvalue weighted by Crippen LogP contribution is -2.36. The van der Waals surface area contributed by atoms with Gasteiger partial charge in [-0.25, -0.2) is 9.97 Å². The molecule has 0 aliphatic carbocycles. The molecule has 1 aliphatic rings. The molecule has 3 aromatic rings. The molecule has 0 bridgehead atoms. The van der Waals surface area contributed by atoms with Crippen molar-refractivity contribution < 1.29 is 0 Å². The summed E-state index contributed by atoms with van der Waals surface area (Å²) in [5.74, 6) is 2.51. The van der Waals surface area contributed by atoms with E-state index in [1.165, 1.54) is 0 Å². The van der Waals surface area contributed by atoms with Gasteiger partial charge in [-0.2, -0.15) is 0 Å². The summed E-state index contributed by atoms with van der Waals surface area (Å²) in [6.45, 7) is 2.70. The highest BCUT2D eigenvalue weighted by atomic mass is 35.5. The molecule has 1 saturated heterocycles. The first kappa shape index (κ1) is 16.1.